The summed E-state index contributed by atoms with van der Waals surface area (Å²) < 4.78 is 38.6. The van der Waals surface area contributed by atoms with Crippen molar-refractivity contribution in [2.24, 2.45) is 16.6 Å². The number of amides is 1. The maximum atomic E-state index is 13.1. The Hall–Kier alpha value is -2.31. The molecule has 10 heteroatoms. The fourth-order valence-electron chi connectivity index (χ4n) is 4.75. The van der Waals surface area contributed by atoms with Crippen LogP contribution in [0.4, 0.5) is 13.2 Å². The minimum atomic E-state index is -4.56. The van der Waals surface area contributed by atoms with Gasteiger partial charge in [0.15, 0.2) is 0 Å². The van der Waals surface area contributed by atoms with E-state index in [1.165, 1.54) is 0 Å². The van der Waals surface area contributed by atoms with E-state index in [0.717, 1.165) is 6.54 Å². The summed E-state index contributed by atoms with van der Waals surface area (Å²) in [6, 6.07) is 14.4. The molecule has 0 saturated carbocycles. The van der Waals surface area contributed by atoms with Gasteiger partial charge in [-0.25, -0.2) is 0 Å². The van der Waals surface area contributed by atoms with E-state index in [9.17, 15) is 23.2 Å². The van der Waals surface area contributed by atoms with Crippen LogP contribution in [-0.2, 0) is 10.2 Å². The lowest BCUT2D eigenvalue weighted by molar-refractivity contribution is -0.139. The number of nitrogens with zero attached hydrogens (tertiary/aromatic N) is 1. The van der Waals surface area contributed by atoms with Gasteiger partial charge >= 0.3 is 6.18 Å². The Bertz CT molecular complexity index is 1180. The highest BCUT2D eigenvalue weighted by molar-refractivity contribution is 6.30. The van der Waals surface area contributed by atoms with Gasteiger partial charge < -0.3 is 16.4 Å². The van der Waals surface area contributed by atoms with Crippen molar-refractivity contribution in [2.45, 2.75) is 77.6 Å². The van der Waals surface area contributed by atoms with E-state index in [4.69, 9.17) is 28.9 Å². The quantitative estimate of drug-likeness (QED) is 0.346. The molecule has 4 atom stereocenters. The number of alkyl halides is 3. The predicted molar refractivity (Wildman–Crippen MR) is 155 cm³/mol. The summed E-state index contributed by atoms with van der Waals surface area (Å²) >= 11 is 12.3. The van der Waals surface area contributed by atoms with Crippen LogP contribution in [-0.4, -0.2) is 37.3 Å². The number of hydrogen-bond acceptors (Lipinski definition) is 4. The van der Waals surface area contributed by atoms with Gasteiger partial charge in [0.05, 0.1) is 12.1 Å². The maximum Gasteiger partial charge on any atom is 0.405 e. The second-order valence-corrected chi connectivity index (χ2v) is 13.5. The molecule has 3 rings (SSSR count). The van der Waals surface area contributed by atoms with E-state index in [-0.39, 0.29) is 5.41 Å². The van der Waals surface area contributed by atoms with Gasteiger partial charge in [0.1, 0.15) is 12.0 Å². The van der Waals surface area contributed by atoms with Crippen molar-refractivity contribution < 1.29 is 18.0 Å². The monoisotopic (exact) mass is 598 g/mol. The second-order valence-electron chi connectivity index (χ2n) is 12.6. The fourth-order valence-corrected chi connectivity index (χ4v) is 5.08. The molecule has 0 aliphatic carbocycles. The van der Waals surface area contributed by atoms with Crippen molar-refractivity contribution in [2.75, 3.05) is 13.1 Å². The Morgan fingerprint density at radius 1 is 1.02 bits per heavy atom. The summed E-state index contributed by atoms with van der Waals surface area (Å²) in [5.41, 5.74) is 5.31. The van der Waals surface area contributed by atoms with Crippen LogP contribution in [0.2, 0.25) is 10.0 Å². The number of carbonyl (C=O) groups excluding carboxylic acids is 1. The Balaban J connectivity index is 0.000000840. The Labute approximate surface area is 245 Å². The molecule has 1 fully saturated rings. The predicted octanol–water partition coefficient (Wildman–Crippen LogP) is 6.98. The standard InChI is InChI=1S/C25H26Cl2F3N3O.C5H13N/c1-23(2,3)12-19-24(13-31,16-7-9-17(26)10-8-16)20(15-5-4-6-18(27)11-15)21(33-19)22(34)32-14-25(28,29)30;1-5(2,3)4-6/h4-11,19-21,33H,12,14H2,1-3H3,(H,32,34);4,6H2,1-3H3. The zero-order valence-corrected chi connectivity index (χ0v) is 25.3. The molecule has 1 heterocycles. The van der Waals surface area contributed by atoms with Crippen LogP contribution in [0.15, 0.2) is 48.5 Å². The van der Waals surface area contributed by atoms with Gasteiger partial charge in [-0.1, -0.05) is 89.0 Å². The van der Waals surface area contributed by atoms with Crippen LogP contribution in [0, 0.1) is 22.2 Å². The van der Waals surface area contributed by atoms with Gasteiger partial charge in [-0.3, -0.25) is 4.79 Å². The molecule has 0 aromatic heterocycles. The van der Waals surface area contributed by atoms with Gasteiger partial charge in [0, 0.05) is 22.0 Å². The highest BCUT2D eigenvalue weighted by atomic mass is 35.5. The minimum Gasteiger partial charge on any atom is -0.346 e. The molecule has 1 saturated heterocycles. The largest absolute Gasteiger partial charge is 0.405 e. The van der Waals surface area contributed by atoms with E-state index >= 15 is 0 Å². The molecule has 2 aromatic rings. The summed E-state index contributed by atoms with van der Waals surface area (Å²) in [7, 11) is 0. The molecule has 4 N–H and O–H groups in total. The number of carbonyl (C=O) groups is 1. The van der Waals surface area contributed by atoms with E-state index in [1.807, 2.05) is 26.1 Å². The summed E-state index contributed by atoms with van der Waals surface area (Å²) in [4.78, 5) is 13.1. The topological polar surface area (TPSA) is 90.9 Å². The van der Waals surface area contributed by atoms with Gasteiger partial charge in [-0.2, -0.15) is 18.4 Å². The van der Waals surface area contributed by atoms with Crippen LogP contribution < -0.4 is 16.4 Å². The average Bonchev–Trinajstić information content (AvgIpc) is 3.15. The summed E-state index contributed by atoms with van der Waals surface area (Å²) in [5.74, 6) is -1.63. The number of rotatable bonds is 5. The van der Waals surface area contributed by atoms with E-state index < -0.39 is 42.0 Å². The molecule has 1 aliphatic rings. The number of nitriles is 1. The SMILES string of the molecule is CC(C)(C)CC1NC(C(=O)NCC(F)(F)F)C(c2cccc(Cl)c2)C1(C#N)c1ccc(Cl)cc1.CC(C)(C)CN. The maximum absolute atomic E-state index is 13.1. The molecule has 0 radical (unpaired) electrons. The lowest BCUT2D eigenvalue weighted by Gasteiger charge is -2.37. The third-order valence-electron chi connectivity index (χ3n) is 6.64. The van der Waals surface area contributed by atoms with E-state index in [2.05, 4.69) is 32.2 Å². The number of nitrogens with one attached hydrogen (secondary N) is 2. The lowest BCUT2D eigenvalue weighted by Crippen LogP contribution is -2.47. The summed E-state index contributed by atoms with van der Waals surface area (Å²) in [5, 5.41) is 16.8. The average molecular weight is 600 g/mol. The molecule has 2 aromatic carbocycles. The number of benzene rings is 2. The van der Waals surface area contributed by atoms with E-state index in [1.54, 1.807) is 48.5 Å². The van der Waals surface area contributed by atoms with Gasteiger partial charge in [0.2, 0.25) is 5.91 Å². The molecule has 40 heavy (non-hydrogen) atoms. The lowest BCUT2D eigenvalue weighted by atomic mass is 9.63. The van der Waals surface area contributed by atoms with Crippen molar-refractivity contribution in [1.29, 1.82) is 5.26 Å². The van der Waals surface area contributed by atoms with Crippen LogP contribution in [0.1, 0.15) is 65.0 Å². The van der Waals surface area contributed by atoms with Crippen molar-refractivity contribution in [1.82, 2.24) is 10.6 Å². The summed E-state index contributed by atoms with van der Waals surface area (Å²) in [6.07, 6.45) is -4.07. The highest BCUT2D eigenvalue weighted by Crippen LogP contribution is 2.51. The van der Waals surface area contributed by atoms with Crippen molar-refractivity contribution >= 4 is 29.1 Å². The first-order valence-corrected chi connectivity index (χ1v) is 13.8. The van der Waals surface area contributed by atoms with Crippen molar-refractivity contribution in [3.8, 4) is 6.07 Å². The highest BCUT2D eigenvalue weighted by Gasteiger charge is 2.59. The number of hydrogen-bond donors (Lipinski definition) is 3. The zero-order chi connectivity index (χ0) is 30.5. The Morgan fingerprint density at radius 3 is 2.05 bits per heavy atom. The Morgan fingerprint density at radius 2 is 1.60 bits per heavy atom. The molecular formula is C30H39Cl2F3N4O. The van der Waals surface area contributed by atoms with Gasteiger partial charge in [-0.05, 0) is 59.2 Å². The minimum absolute atomic E-state index is 0.248. The van der Waals surface area contributed by atoms with Gasteiger partial charge in [-0.15, -0.1) is 0 Å². The van der Waals surface area contributed by atoms with Crippen LogP contribution in [0.5, 0.6) is 0 Å². The third kappa shape index (κ3) is 9.10. The second kappa shape index (κ2) is 13.1. The first-order chi connectivity index (χ1) is 18.3. The molecule has 1 amide bonds. The van der Waals surface area contributed by atoms with Crippen LogP contribution in [0.3, 0.4) is 0 Å². The van der Waals surface area contributed by atoms with Crippen molar-refractivity contribution in [3.63, 3.8) is 0 Å². The van der Waals surface area contributed by atoms with Gasteiger partial charge in [0.25, 0.3) is 0 Å². The number of halogens is 5. The van der Waals surface area contributed by atoms with Crippen LogP contribution >= 0.6 is 23.2 Å². The van der Waals surface area contributed by atoms with Crippen molar-refractivity contribution in [3.05, 3.63) is 69.7 Å². The summed E-state index contributed by atoms with van der Waals surface area (Å²) in [6.45, 7) is 11.7. The Kier molecular flexibility index (Phi) is 11.1. The molecule has 220 valence electrons. The first kappa shape index (κ1) is 33.9. The zero-order valence-electron chi connectivity index (χ0n) is 23.8. The number of nitrogens with two attached hydrogens (primary N) is 1. The molecular weight excluding hydrogens is 560 g/mol. The van der Waals surface area contributed by atoms with E-state index in [0.29, 0.717) is 33.0 Å². The molecule has 0 spiro atoms. The normalized spacial score (nSPS) is 23.1. The smallest absolute Gasteiger partial charge is 0.346 e. The molecule has 4 unspecified atom stereocenters. The molecule has 5 nitrogen and oxygen atoms in total. The molecule has 0 bridgehead atoms. The molecule has 1 aliphatic heterocycles. The first-order valence-electron chi connectivity index (χ1n) is 13.1. The fraction of sp³-hybridized carbons (Fsp3) is 0.533. The van der Waals surface area contributed by atoms with Crippen LogP contribution in [0.25, 0.3) is 0 Å². The third-order valence-corrected chi connectivity index (χ3v) is 7.13.